The van der Waals surface area contributed by atoms with Crippen molar-refractivity contribution < 1.29 is 13.6 Å². The van der Waals surface area contributed by atoms with E-state index < -0.39 is 11.6 Å². The van der Waals surface area contributed by atoms with Gasteiger partial charge in [-0.1, -0.05) is 11.6 Å². The monoisotopic (exact) mass is 328 g/mol. The summed E-state index contributed by atoms with van der Waals surface area (Å²) in [4.78, 5) is 14.1. The second kappa shape index (κ2) is 6.50. The molecule has 1 saturated carbocycles. The Labute approximate surface area is 133 Å². The van der Waals surface area contributed by atoms with Crippen LogP contribution < -0.4 is 5.32 Å². The van der Waals surface area contributed by atoms with Gasteiger partial charge in [0.25, 0.3) is 5.91 Å². The number of amides is 1. The van der Waals surface area contributed by atoms with E-state index in [1.54, 1.807) is 4.90 Å². The van der Waals surface area contributed by atoms with Crippen molar-refractivity contribution in [2.24, 2.45) is 5.92 Å². The van der Waals surface area contributed by atoms with E-state index in [9.17, 15) is 13.6 Å². The largest absolute Gasteiger partial charge is 0.338 e. The fraction of sp³-hybridized carbons (Fsp3) is 0.562. The number of halogens is 3. The molecule has 2 aliphatic rings. The summed E-state index contributed by atoms with van der Waals surface area (Å²) in [6.45, 7) is 2.28. The number of rotatable bonds is 4. The van der Waals surface area contributed by atoms with Gasteiger partial charge in [0, 0.05) is 19.1 Å². The second-order valence-electron chi connectivity index (χ2n) is 6.16. The van der Waals surface area contributed by atoms with Crippen molar-refractivity contribution in [3.8, 4) is 0 Å². The van der Waals surface area contributed by atoms with Crippen LogP contribution >= 0.6 is 11.6 Å². The first-order valence-electron chi connectivity index (χ1n) is 7.72. The van der Waals surface area contributed by atoms with Crippen molar-refractivity contribution in [3.05, 3.63) is 34.4 Å². The number of hydrogen-bond donors (Lipinski definition) is 1. The molecule has 1 N–H and O–H groups in total. The van der Waals surface area contributed by atoms with Crippen LogP contribution in [0.2, 0.25) is 5.02 Å². The van der Waals surface area contributed by atoms with Crippen molar-refractivity contribution in [2.45, 2.75) is 31.7 Å². The van der Waals surface area contributed by atoms with E-state index in [4.69, 9.17) is 11.6 Å². The van der Waals surface area contributed by atoms with E-state index in [1.165, 1.54) is 12.8 Å². The number of carbonyl (C=O) groups is 1. The molecule has 0 bridgehead atoms. The maximum atomic E-state index is 13.3. The highest BCUT2D eigenvalue weighted by atomic mass is 35.5. The van der Waals surface area contributed by atoms with Gasteiger partial charge >= 0.3 is 0 Å². The fourth-order valence-electron chi connectivity index (χ4n) is 2.80. The Bertz CT molecular complexity index is 570. The number of likely N-dealkylation sites (tertiary alicyclic amines) is 1. The minimum Gasteiger partial charge on any atom is -0.338 e. The Balaban J connectivity index is 1.58. The molecule has 1 aliphatic heterocycles. The summed E-state index contributed by atoms with van der Waals surface area (Å²) in [7, 11) is 0. The van der Waals surface area contributed by atoms with Gasteiger partial charge in [-0.15, -0.1) is 0 Å². The molecule has 3 rings (SSSR count). The minimum atomic E-state index is -1.05. The Morgan fingerprint density at radius 2 is 1.82 bits per heavy atom. The van der Waals surface area contributed by atoms with Crippen LogP contribution in [0.1, 0.15) is 36.0 Å². The maximum Gasteiger partial charge on any atom is 0.255 e. The first-order chi connectivity index (χ1) is 10.5. The summed E-state index contributed by atoms with van der Waals surface area (Å²) in [6, 6.07) is 2.18. The van der Waals surface area contributed by atoms with Crippen molar-refractivity contribution in [1.29, 1.82) is 0 Å². The average molecular weight is 329 g/mol. The van der Waals surface area contributed by atoms with Crippen LogP contribution in [-0.2, 0) is 0 Å². The lowest BCUT2D eigenvalue weighted by Gasteiger charge is -2.32. The predicted octanol–water partition coefficient (Wildman–Crippen LogP) is 3.22. The summed E-state index contributed by atoms with van der Waals surface area (Å²) >= 11 is 5.87. The van der Waals surface area contributed by atoms with Gasteiger partial charge in [0.05, 0.1) is 10.6 Å². The number of piperidine rings is 1. The van der Waals surface area contributed by atoms with E-state index in [0.717, 1.165) is 37.4 Å². The fourth-order valence-corrected chi connectivity index (χ4v) is 3.03. The molecule has 1 aliphatic carbocycles. The van der Waals surface area contributed by atoms with E-state index in [0.29, 0.717) is 19.1 Å². The first-order valence-corrected chi connectivity index (χ1v) is 8.09. The van der Waals surface area contributed by atoms with Crippen molar-refractivity contribution >= 4 is 17.5 Å². The Kier molecular flexibility index (Phi) is 4.64. The molecule has 120 valence electrons. The topological polar surface area (TPSA) is 32.3 Å². The standard InChI is InChI=1S/C16H19ClF2N2O/c17-13-8-15(19)14(18)7-12(13)16(22)21-5-3-11(4-6-21)20-9-10-1-2-10/h7-8,10-11,20H,1-6,9H2. The molecule has 2 fully saturated rings. The smallest absolute Gasteiger partial charge is 0.255 e. The highest BCUT2D eigenvalue weighted by molar-refractivity contribution is 6.33. The van der Waals surface area contributed by atoms with Gasteiger partial charge in [-0.25, -0.2) is 8.78 Å². The molecule has 0 unspecified atom stereocenters. The molecule has 3 nitrogen and oxygen atoms in total. The molecule has 0 atom stereocenters. The molecular weight excluding hydrogens is 310 g/mol. The minimum absolute atomic E-state index is 0.0324. The number of carbonyl (C=O) groups excluding carboxylic acids is 1. The molecule has 22 heavy (non-hydrogen) atoms. The van der Waals surface area contributed by atoms with Gasteiger partial charge in [-0.3, -0.25) is 4.79 Å². The lowest BCUT2D eigenvalue weighted by Crippen LogP contribution is -2.45. The van der Waals surface area contributed by atoms with Crippen LogP contribution in [0.3, 0.4) is 0 Å². The van der Waals surface area contributed by atoms with Crippen LogP contribution in [0.25, 0.3) is 0 Å². The zero-order valence-corrected chi connectivity index (χ0v) is 13.0. The zero-order valence-electron chi connectivity index (χ0n) is 12.2. The van der Waals surface area contributed by atoms with Crippen LogP contribution in [0.15, 0.2) is 12.1 Å². The third-order valence-electron chi connectivity index (χ3n) is 4.41. The van der Waals surface area contributed by atoms with Gasteiger partial charge in [0.1, 0.15) is 0 Å². The van der Waals surface area contributed by atoms with Gasteiger partial charge in [0.2, 0.25) is 0 Å². The molecule has 0 spiro atoms. The first kappa shape index (κ1) is 15.7. The lowest BCUT2D eigenvalue weighted by atomic mass is 10.0. The molecule has 1 aromatic carbocycles. The van der Waals surface area contributed by atoms with E-state index in [2.05, 4.69) is 5.32 Å². The van der Waals surface area contributed by atoms with E-state index >= 15 is 0 Å². The molecule has 1 heterocycles. The van der Waals surface area contributed by atoms with Crippen molar-refractivity contribution in [3.63, 3.8) is 0 Å². The number of nitrogens with zero attached hydrogens (tertiary/aromatic N) is 1. The zero-order chi connectivity index (χ0) is 15.7. The average Bonchev–Trinajstić information content (AvgIpc) is 3.33. The SMILES string of the molecule is O=C(c1cc(F)c(F)cc1Cl)N1CCC(NCC2CC2)CC1. The summed E-state index contributed by atoms with van der Waals surface area (Å²) in [5, 5.41) is 3.49. The lowest BCUT2D eigenvalue weighted by molar-refractivity contribution is 0.0704. The molecule has 1 amide bonds. The van der Waals surface area contributed by atoms with Crippen LogP contribution in [0.4, 0.5) is 8.78 Å². The number of benzene rings is 1. The molecule has 6 heteroatoms. The highest BCUT2D eigenvalue weighted by Crippen LogP contribution is 2.28. The molecule has 0 radical (unpaired) electrons. The maximum absolute atomic E-state index is 13.3. The van der Waals surface area contributed by atoms with Gasteiger partial charge < -0.3 is 10.2 Å². The third-order valence-corrected chi connectivity index (χ3v) is 4.73. The van der Waals surface area contributed by atoms with Gasteiger partial charge in [0.15, 0.2) is 11.6 Å². The van der Waals surface area contributed by atoms with Crippen molar-refractivity contribution in [1.82, 2.24) is 10.2 Å². The highest BCUT2D eigenvalue weighted by Gasteiger charge is 2.27. The summed E-state index contributed by atoms with van der Waals surface area (Å²) < 4.78 is 26.4. The number of hydrogen-bond acceptors (Lipinski definition) is 2. The Morgan fingerprint density at radius 3 is 2.45 bits per heavy atom. The van der Waals surface area contributed by atoms with Gasteiger partial charge in [-0.2, -0.15) is 0 Å². The number of nitrogens with one attached hydrogen (secondary N) is 1. The van der Waals surface area contributed by atoms with Crippen molar-refractivity contribution in [2.75, 3.05) is 19.6 Å². The second-order valence-corrected chi connectivity index (χ2v) is 6.57. The normalized spacial score (nSPS) is 19.5. The molecule has 1 aromatic rings. The van der Waals surface area contributed by atoms with Crippen LogP contribution in [-0.4, -0.2) is 36.5 Å². The van der Waals surface area contributed by atoms with Gasteiger partial charge in [-0.05, 0) is 50.3 Å². The summed E-state index contributed by atoms with van der Waals surface area (Å²) in [5.41, 5.74) is 0.0324. The predicted molar refractivity (Wildman–Crippen MR) is 81.0 cm³/mol. The quantitative estimate of drug-likeness (QED) is 0.861. The molecule has 0 aromatic heterocycles. The third kappa shape index (κ3) is 3.58. The van der Waals surface area contributed by atoms with Crippen LogP contribution in [0, 0.1) is 17.6 Å². The van der Waals surface area contributed by atoms with E-state index in [1.807, 2.05) is 0 Å². The Morgan fingerprint density at radius 1 is 1.18 bits per heavy atom. The summed E-state index contributed by atoms with van der Waals surface area (Å²) in [6.07, 6.45) is 4.39. The van der Waals surface area contributed by atoms with Crippen LogP contribution in [0.5, 0.6) is 0 Å². The Hall–Kier alpha value is -1.20. The summed E-state index contributed by atoms with van der Waals surface area (Å²) in [5.74, 6) is -1.58. The molecular formula is C16H19ClF2N2O. The van der Waals surface area contributed by atoms with E-state index in [-0.39, 0.29) is 16.5 Å². The molecule has 1 saturated heterocycles.